The molecule has 0 rings (SSSR count). The second kappa shape index (κ2) is 4.98. The molecule has 0 saturated carbocycles. The molecule has 0 heterocycles. The quantitative estimate of drug-likeness (QED) is 0.390. The highest BCUT2D eigenvalue weighted by atomic mass is 127. The molecule has 1 atom stereocenters. The van der Waals surface area contributed by atoms with Gasteiger partial charge in [-0.25, -0.2) is 4.20 Å². The third-order valence-electron chi connectivity index (χ3n) is 0.400. The van der Waals surface area contributed by atoms with Gasteiger partial charge in [0.25, 0.3) is 0 Å². The smallest absolute Gasteiger partial charge is 0.102 e. The van der Waals surface area contributed by atoms with Crippen molar-refractivity contribution < 1.29 is 4.20 Å². The van der Waals surface area contributed by atoms with E-state index in [-0.39, 0.29) is 0 Å². The van der Waals surface area contributed by atoms with Crippen molar-refractivity contribution in [2.24, 2.45) is 0 Å². The van der Waals surface area contributed by atoms with Crippen LogP contribution in [-0.4, -0.2) is 11.1 Å². The fourth-order valence-corrected chi connectivity index (χ4v) is 1.24. The molecule has 0 amide bonds. The molecule has 0 radical (unpaired) electrons. The van der Waals surface area contributed by atoms with Crippen molar-refractivity contribution >= 4 is 30.8 Å². The van der Waals surface area contributed by atoms with E-state index in [9.17, 15) is 4.20 Å². The summed E-state index contributed by atoms with van der Waals surface area (Å²) < 4.78 is 12.8. The molecule has 7 heavy (non-hydrogen) atoms. The van der Waals surface area contributed by atoms with E-state index in [4.69, 9.17) is 0 Å². The molecule has 0 bridgehead atoms. The van der Waals surface area contributed by atoms with E-state index in [1.807, 2.05) is 6.08 Å². The summed E-state index contributed by atoms with van der Waals surface area (Å²) in [6, 6.07) is 0. The van der Waals surface area contributed by atoms with Gasteiger partial charge in [-0.05, 0) is 12.5 Å². The van der Waals surface area contributed by atoms with E-state index < -0.39 is 8.23 Å². The molecule has 0 aromatic carbocycles. The summed E-state index contributed by atoms with van der Waals surface area (Å²) in [6.45, 7) is 1.58. The highest BCUT2D eigenvalue weighted by Crippen LogP contribution is 2.32. The van der Waals surface area contributed by atoms with E-state index >= 15 is 0 Å². The molecule has 0 aliphatic heterocycles. The number of halogens is 2. The Morgan fingerprint density at radius 1 is 1.86 bits per heavy atom. The summed E-state index contributed by atoms with van der Waals surface area (Å²) in [4.78, 5) is 0. The van der Waals surface area contributed by atoms with Gasteiger partial charge in [0.15, 0.2) is 0 Å². The maximum atomic E-state index is 11.9. The summed E-state index contributed by atoms with van der Waals surface area (Å²) in [5.74, 6) is 1.61. The van der Waals surface area contributed by atoms with Crippen molar-refractivity contribution in [1.29, 1.82) is 0 Å². The first kappa shape index (κ1) is 7.83. The van der Waals surface area contributed by atoms with Crippen LogP contribution in [0.2, 0.25) is 0 Å². The zero-order valence-corrected chi connectivity index (χ0v) is 7.12. The van der Waals surface area contributed by atoms with Crippen molar-refractivity contribution in [3.05, 3.63) is 11.9 Å². The number of rotatable bonds is 2. The Kier molecular flexibility index (Phi) is 5.57. The molecule has 0 nitrogen and oxygen atoms in total. The molecule has 0 aromatic heterocycles. The Hall–Kier alpha value is 0.830. The lowest BCUT2D eigenvalue weighted by Gasteiger charge is -1.84. The second-order valence-corrected chi connectivity index (χ2v) is 3.29. The number of hydrogen-bond acceptors (Lipinski definition) is 0. The number of alkyl halides is 1. The predicted molar refractivity (Wildman–Crippen MR) is 42.0 cm³/mol. The zero-order chi connectivity index (χ0) is 5.70. The van der Waals surface area contributed by atoms with E-state index in [0.717, 1.165) is 4.43 Å². The van der Waals surface area contributed by atoms with Crippen molar-refractivity contribution in [2.75, 3.05) is 11.1 Å². The van der Waals surface area contributed by atoms with Gasteiger partial charge >= 0.3 is 0 Å². The summed E-state index contributed by atoms with van der Waals surface area (Å²) in [7, 11) is -1.29. The highest BCUT2D eigenvalue weighted by Gasteiger charge is 1.84. The first-order chi connectivity index (χ1) is 3.27. The maximum absolute atomic E-state index is 11.9. The summed E-state index contributed by atoms with van der Waals surface area (Å²) in [6.07, 6.45) is 1.84. The first-order valence-corrected chi connectivity index (χ1v) is 5.16. The van der Waals surface area contributed by atoms with Crippen LogP contribution in [-0.2, 0) is 0 Å². The Bertz CT molecular complexity index is 62.7. The van der Waals surface area contributed by atoms with Crippen LogP contribution in [0.5, 0.6) is 0 Å². The largest absolute Gasteiger partial charge is 0.223 e. The molecule has 0 N–H and O–H groups in total. The molecule has 0 saturated heterocycles. The summed E-state index contributed by atoms with van der Waals surface area (Å²) in [5, 5.41) is 0. The first-order valence-electron chi connectivity index (χ1n) is 1.88. The van der Waals surface area contributed by atoms with Crippen LogP contribution in [0.1, 0.15) is 0 Å². The highest BCUT2D eigenvalue weighted by molar-refractivity contribution is 14.1. The lowest BCUT2D eigenvalue weighted by molar-refractivity contribution is 0.910. The lowest BCUT2D eigenvalue weighted by atomic mass is 10.8. The van der Waals surface area contributed by atoms with Gasteiger partial charge in [0, 0.05) is 4.43 Å². The van der Waals surface area contributed by atoms with Crippen LogP contribution in [0.4, 0.5) is 4.20 Å². The normalized spacial score (nSPS) is 15.3. The molecule has 3 heteroatoms. The van der Waals surface area contributed by atoms with E-state index in [0.29, 0.717) is 0 Å². The van der Waals surface area contributed by atoms with Crippen molar-refractivity contribution in [2.45, 2.75) is 0 Å². The summed E-state index contributed by atoms with van der Waals surface area (Å²) >= 11 is 2.18. The molecule has 42 valence electrons. The minimum absolute atomic E-state index is 0.911. The predicted octanol–water partition coefficient (Wildman–Crippen LogP) is 2.93. The fraction of sp³-hybridized carbons (Fsp3) is 0.500. The van der Waals surface area contributed by atoms with Gasteiger partial charge in [-0.2, -0.15) is 0 Å². The van der Waals surface area contributed by atoms with Crippen molar-refractivity contribution in [3.63, 3.8) is 0 Å². The Morgan fingerprint density at radius 3 is 2.57 bits per heavy atom. The zero-order valence-electron chi connectivity index (χ0n) is 4.06. The monoisotopic (exact) mass is 232 g/mol. The summed E-state index contributed by atoms with van der Waals surface area (Å²) in [5.41, 5.74) is 0. The van der Waals surface area contributed by atoms with Crippen molar-refractivity contribution in [1.82, 2.24) is 0 Å². The van der Waals surface area contributed by atoms with Gasteiger partial charge in [-0.3, -0.25) is 0 Å². The second-order valence-electron chi connectivity index (χ2n) is 1.06. The topological polar surface area (TPSA) is 0 Å². The van der Waals surface area contributed by atoms with Crippen LogP contribution in [0.3, 0.4) is 0 Å². The third kappa shape index (κ3) is 6.83. The van der Waals surface area contributed by atoms with Crippen LogP contribution in [0.25, 0.3) is 0 Å². The van der Waals surface area contributed by atoms with Gasteiger partial charge < -0.3 is 0 Å². The molecule has 0 fully saturated rings. The molecule has 1 unspecified atom stereocenters. The average molecular weight is 232 g/mol. The van der Waals surface area contributed by atoms with Gasteiger partial charge in [0.1, 0.15) is 8.23 Å². The number of hydrogen-bond donors (Lipinski definition) is 0. The Morgan fingerprint density at radius 2 is 2.43 bits per heavy atom. The van der Waals surface area contributed by atoms with E-state index in [2.05, 4.69) is 22.6 Å². The van der Waals surface area contributed by atoms with Crippen LogP contribution in [0.15, 0.2) is 11.9 Å². The lowest BCUT2D eigenvalue weighted by Crippen LogP contribution is -1.54. The molecule has 0 aliphatic rings. The number of allylic oxidation sites excluding steroid dienone is 1. The molecular weight excluding hydrogens is 225 g/mol. The van der Waals surface area contributed by atoms with Gasteiger partial charge in [-0.15, -0.1) is 0 Å². The minimum atomic E-state index is -1.29. The standard InChI is InChI=1S/C4H7FIP/c1-7(5)4-2-3-6/h2,4H,3H2,1H3. The molecule has 0 aromatic rings. The van der Waals surface area contributed by atoms with Crippen LogP contribution >= 0.6 is 30.8 Å². The van der Waals surface area contributed by atoms with Gasteiger partial charge in [-0.1, -0.05) is 28.7 Å². The fourth-order valence-electron chi connectivity index (χ4n) is 0.185. The maximum Gasteiger partial charge on any atom is 0.102 e. The minimum Gasteiger partial charge on any atom is -0.223 e. The van der Waals surface area contributed by atoms with E-state index in [1.165, 1.54) is 0 Å². The molecule has 0 aliphatic carbocycles. The third-order valence-corrected chi connectivity index (χ3v) is 1.53. The van der Waals surface area contributed by atoms with Crippen LogP contribution < -0.4 is 0 Å². The average Bonchev–Trinajstić information content (AvgIpc) is 1.61. The molecular formula is C4H7FIP. The van der Waals surface area contributed by atoms with Crippen molar-refractivity contribution in [3.8, 4) is 0 Å². The van der Waals surface area contributed by atoms with Gasteiger partial charge in [0.2, 0.25) is 0 Å². The Labute approximate surface area is 58.2 Å². The SMILES string of the molecule is CP(F)C=CCI. The molecule has 0 spiro atoms. The van der Waals surface area contributed by atoms with Crippen LogP contribution in [0, 0.1) is 0 Å². The van der Waals surface area contributed by atoms with E-state index in [1.54, 1.807) is 12.5 Å². The Balaban J connectivity index is 3.08. The van der Waals surface area contributed by atoms with Gasteiger partial charge in [0.05, 0.1) is 0 Å².